The molecule has 0 aliphatic heterocycles. The van der Waals surface area contributed by atoms with Crippen LogP contribution < -0.4 is 11.1 Å². The molecule has 0 bridgehead atoms. The van der Waals surface area contributed by atoms with Gasteiger partial charge in [-0.15, -0.1) is 0 Å². The first-order chi connectivity index (χ1) is 9.61. The van der Waals surface area contributed by atoms with Crippen molar-refractivity contribution in [2.75, 3.05) is 5.73 Å². The van der Waals surface area contributed by atoms with Gasteiger partial charge in [0.25, 0.3) is 5.91 Å². The minimum absolute atomic E-state index is 0.252. The summed E-state index contributed by atoms with van der Waals surface area (Å²) in [4.78, 5) is 12.0. The lowest BCUT2D eigenvalue weighted by atomic mass is 10.2. The van der Waals surface area contributed by atoms with Crippen LogP contribution in [-0.2, 0) is 13.0 Å². The van der Waals surface area contributed by atoms with Crippen molar-refractivity contribution in [3.63, 3.8) is 0 Å². The molecule has 0 fully saturated rings. The molecule has 0 atom stereocenters. The van der Waals surface area contributed by atoms with Crippen molar-refractivity contribution in [3.8, 4) is 0 Å². The SMILES string of the molecule is CCCc1[nH]nc(C(=O)NCc2ccc(Cl)cc2)c1N. The van der Waals surface area contributed by atoms with E-state index in [1.54, 1.807) is 12.1 Å². The summed E-state index contributed by atoms with van der Waals surface area (Å²) in [6.07, 6.45) is 1.72. The molecule has 0 unspecified atom stereocenters. The number of halogens is 1. The predicted molar refractivity (Wildman–Crippen MR) is 79.6 cm³/mol. The molecule has 0 aliphatic carbocycles. The number of H-pyrrole nitrogens is 1. The highest BCUT2D eigenvalue weighted by Crippen LogP contribution is 2.15. The topological polar surface area (TPSA) is 83.8 Å². The Hall–Kier alpha value is -2.01. The molecule has 1 heterocycles. The van der Waals surface area contributed by atoms with Crippen molar-refractivity contribution < 1.29 is 4.79 Å². The van der Waals surface area contributed by atoms with Crippen molar-refractivity contribution in [3.05, 3.63) is 46.2 Å². The first-order valence-corrected chi connectivity index (χ1v) is 6.85. The van der Waals surface area contributed by atoms with E-state index in [9.17, 15) is 4.79 Å². The first kappa shape index (κ1) is 14.4. The Labute approximate surface area is 122 Å². The molecule has 0 aliphatic rings. The highest BCUT2D eigenvalue weighted by atomic mass is 35.5. The third-order valence-corrected chi connectivity index (χ3v) is 3.22. The summed E-state index contributed by atoms with van der Waals surface area (Å²) < 4.78 is 0. The molecule has 0 saturated heterocycles. The van der Waals surface area contributed by atoms with Gasteiger partial charge in [0.05, 0.1) is 11.4 Å². The Balaban J connectivity index is 1.99. The maximum atomic E-state index is 12.0. The van der Waals surface area contributed by atoms with Crippen LogP contribution in [0.15, 0.2) is 24.3 Å². The number of carbonyl (C=O) groups excluding carboxylic acids is 1. The normalized spacial score (nSPS) is 10.5. The minimum atomic E-state index is -0.281. The van der Waals surface area contributed by atoms with Crippen molar-refractivity contribution in [1.29, 1.82) is 0 Å². The van der Waals surface area contributed by atoms with E-state index in [-0.39, 0.29) is 11.6 Å². The number of rotatable bonds is 5. The molecular weight excluding hydrogens is 276 g/mol. The minimum Gasteiger partial charge on any atom is -0.395 e. The second-order valence-electron chi connectivity index (χ2n) is 4.52. The number of amides is 1. The van der Waals surface area contributed by atoms with Gasteiger partial charge < -0.3 is 11.1 Å². The number of nitrogens with one attached hydrogen (secondary N) is 2. The number of anilines is 1. The van der Waals surface area contributed by atoms with E-state index in [0.717, 1.165) is 24.1 Å². The van der Waals surface area contributed by atoms with Crippen LogP contribution in [0.1, 0.15) is 35.1 Å². The standard InChI is InChI=1S/C14H17ClN4O/c1-2-3-11-12(16)13(19-18-11)14(20)17-8-9-4-6-10(15)7-5-9/h4-7H,2-3,8,16H2,1H3,(H,17,20)(H,18,19). The Morgan fingerprint density at radius 3 is 2.75 bits per heavy atom. The van der Waals surface area contributed by atoms with Gasteiger partial charge in [-0.2, -0.15) is 5.10 Å². The molecule has 0 spiro atoms. The van der Waals surface area contributed by atoms with Crippen LogP contribution in [0.2, 0.25) is 5.02 Å². The van der Waals surface area contributed by atoms with Crippen LogP contribution in [0.4, 0.5) is 5.69 Å². The van der Waals surface area contributed by atoms with Gasteiger partial charge in [0.15, 0.2) is 5.69 Å². The van der Waals surface area contributed by atoms with E-state index in [2.05, 4.69) is 15.5 Å². The van der Waals surface area contributed by atoms with Gasteiger partial charge in [0.2, 0.25) is 0 Å². The number of hydrogen-bond donors (Lipinski definition) is 3. The Bertz CT molecular complexity index is 592. The molecule has 1 aromatic heterocycles. The van der Waals surface area contributed by atoms with Crippen molar-refractivity contribution in [2.24, 2.45) is 0 Å². The smallest absolute Gasteiger partial charge is 0.274 e. The Morgan fingerprint density at radius 1 is 1.40 bits per heavy atom. The second-order valence-corrected chi connectivity index (χ2v) is 4.96. The van der Waals surface area contributed by atoms with E-state index in [1.165, 1.54) is 0 Å². The van der Waals surface area contributed by atoms with Crippen LogP contribution in [-0.4, -0.2) is 16.1 Å². The molecule has 1 amide bonds. The highest BCUT2D eigenvalue weighted by molar-refractivity contribution is 6.30. The number of nitrogens with zero attached hydrogens (tertiary/aromatic N) is 1. The molecule has 0 saturated carbocycles. The molecular formula is C14H17ClN4O. The van der Waals surface area contributed by atoms with Crippen molar-refractivity contribution in [1.82, 2.24) is 15.5 Å². The van der Waals surface area contributed by atoms with Gasteiger partial charge >= 0.3 is 0 Å². The lowest BCUT2D eigenvalue weighted by molar-refractivity contribution is 0.0947. The number of aromatic nitrogens is 2. The number of hydrogen-bond acceptors (Lipinski definition) is 3. The molecule has 6 heteroatoms. The molecule has 4 N–H and O–H groups in total. The van der Waals surface area contributed by atoms with Crippen LogP contribution in [0.3, 0.4) is 0 Å². The van der Waals surface area contributed by atoms with Crippen LogP contribution in [0.5, 0.6) is 0 Å². The average molecular weight is 293 g/mol. The van der Waals surface area contributed by atoms with Gasteiger partial charge in [-0.05, 0) is 24.1 Å². The van der Waals surface area contributed by atoms with Gasteiger partial charge in [0.1, 0.15) is 0 Å². The van der Waals surface area contributed by atoms with Gasteiger partial charge in [-0.3, -0.25) is 9.89 Å². The quantitative estimate of drug-likeness (QED) is 0.792. The zero-order valence-corrected chi connectivity index (χ0v) is 12.0. The fraction of sp³-hybridized carbons (Fsp3) is 0.286. The largest absolute Gasteiger partial charge is 0.395 e. The Kier molecular flexibility index (Phi) is 4.63. The predicted octanol–water partition coefficient (Wildman–Crippen LogP) is 2.53. The fourth-order valence-corrected chi connectivity index (χ4v) is 1.99. The van der Waals surface area contributed by atoms with Crippen LogP contribution in [0, 0.1) is 0 Å². The number of carbonyl (C=O) groups is 1. The lowest BCUT2D eigenvalue weighted by Crippen LogP contribution is -2.24. The van der Waals surface area contributed by atoms with Crippen molar-refractivity contribution in [2.45, 2.75) is 26.3 Å². The summed E-state index contributed by atoms with van der Waals surface area (Å²) >= 11 is 5.81. The van der Waals surface area contributed by atoms with E-state index < -0.39 is 0 Å². The summed E-state index contributed by atoms with van der Waals surface area (Å²) in [5.41, 5.74) is 8.36. The summed E-state index contributed by atoms with van der Waals surface area (Å²) in [6.45, 7) is 2.45. The average Bonchev–Trinajstić information content (AvgIpc) is 2.80. The van der Waals surface area contributed by atoms with Gasteiger partial charge in [-0.1, -0.05) is 37.1 Å². The number of benzene rings is 1. The van der Waals surface area contributed by atoms with Gasteiger partial charge in [0, 0.05) is 11.6 Å². The maximum Gasteiger partial charge on any atom is 0.274 e. The molecule has 20 heavy (non-hydrogen) atoms. The number of nitrogen functional groups attached to an aromatic ring is 1. The van der Waals surface area contributed by atoms with E-state index in [0.29, 0.717) is 17.3 Å². The second kappa shape index (κ2) is 6.43. The van der Waals surface area contributed by atoms with Crippen LogP contribution >= 0.6 is 11.6 Å². The molecule has 5 nitrogen and oxygen atoms in total. The maximum absolute atomic E-state index is 12.0. The first-order valence-electron chi connectivity index (χ1n) is 6.47. The summed E-state index contributed by atoms with van der Waals surface area (Å²) in [5, 5.41) is 10.2. The highest BCUT2D eigenvalue weighted by Gasteiger charge is 2.16. The summed E-state index contributed by atoms with van der Waals surface area (Å²) in [6, 6.07) is 7.29. The van der Waals surface area contributed by atoms with E-state index in [1.807, 2.05) is 19.1 Å². The van der Waals surface area contributed by atoms with E-state index in [4.69, 9.17) is 17.3 Å². The molecule has 2 rings (SSSR count). The fourth-order valence-electron chi connectivity index (χ4n) is 1.87. The third-order valence-electron chi connectivity index (χ3n) is 2.96. The number of nitrogens with two attached hydrogens (primary N) is 1. The lowest BCUT2D eigenvalue weighted by Gasteiger charge is -2.04. The molecule has 1 aromatic carbocycles. The molecule has 0 radical (unpaired) electrons. The van der Waals surface area contributed by atoms with E-state index >= 15 is 0 Å². The summed E-state index contributed by atoms with van der Waals surface area (Å²) in [5.74, 6) is -0.281. The van der Waals surface area contributed by atoms with Crippen molar-refractivity contribution >= 4 is 23.2 Å². The third kappa shape index (κ3) is 3.30. The number of aryl methyl sites for hydroxylation is 1. The van der Waals surface area contributed by atoms with Crippen LogP contribution in [0.25, 0.3) is 0 Å². The Morgan fingerprint density at radius 2 is 2.10 bits per heavy atom. The number of aromatic amines is 1. The molecule has 2 aromatic rings. The zero-order chi connectivity index (χ0) is 14.5. The zero-order valence-electron chi connectivity index (χ0n) is 11.2. The molecule has 106 valence electrons. The van der Waals surface area contributed by atoms with Gasteiger partial charge in [-0.25, -0.2) is 0 Å². The monoisotopic (exact) mass is 292 g/mol. The summed E-state index contributed by atoms with van der Waals surface area (Å²) in [7, 11) is 0.